The molecule has 3 rings (SSSR count). The van der Waals surface area contributed by atoms with E-state index in [0.29, 0.717) is 31.3 Å². The molecule has 0 radical (unpaired) electrons. The van der Waals surface area contributed by atoms with E-state index in [-0.39, 0.29) is 5.91 Å². The molecule has 1 aliphatic rings. The van der Waals surface area contributed by atoms with Gasteiger partial charge < -0.3 is 15.0 Å². The molecule has 1 N–H and O–H groups in total. The molecule has 0 bridgehead atoms. The van der Waals surface area contributed by atoms with Crippen molar-refractivity contribution in [2.24, 2.45) is 0 Å². The van der Waals surface area contributed by atoms with Gasteiger partial charge in [-0.1, -0.05) is 0 Å². The Kier molecular flexibility index (Phi) is 4.55. The number of hydrogen-bond acceptors (Lipinski definition) is 6. The second-order valence-corrected chi connectivity index (χ2v) is 4.91. The minimum absolute atomic E-state index is 0.190. The van der Waals surface area contributed by atoms with Crippen LogP contribution in [-0.4, -0.2) is 47.2 Å². The highest BCUT2D eigenvalue weighted by atomic mass is 16.5. The van der Waals surface area contributed by atoms with Gasteiger partial charge in [-0.2, -0.15) is 0 Å². The summed E-state index contributed by atoms with van der Waals surface area (Å²) in [4.78, 5) is 26.6. The van der Waals surface area contributed by atoms with Crippen LogP contribution < -0.4 is 10.2 Å². The first kappa shape index (κ1) is 14.4. The Bertz CT molecular complexity index is 612. The highest BCUT2D eigenvalue weighted by molar-refractivity contribution is 5.93. The number of pyridine rings is 1. The summed E-state index contributed by atoms with van der Waals surface area (Å²) in [6.45, 7) is 3.35. The lowest BCUT2D eigenvalue weighted by molar-refractivity contribution is 0.0950. The Hall–Kier alpha value is -2.54. The van der Waals surface area contributed by atoms with E-state index in [1.807, 2.05) is 17.0 Å². The molecule has 1 fully saturated rings. The van der Waals surface area contributed by atoms with Gasteiger partial charge in [-0.05, 0) is 17.7 Å². The maximum absolute atomic E-state index is 12.1. The van der Waals surface area contributed by atoms with Crippen molar-refractivity contribution < 1.29 is 9.53 Å². The van der Waals surface area contributed by atoms with Crippen LogP contribution in [0.4, 0.5) is 5.95 Å². The van der Waals surface area contributed by atoms with Crippen LogP contribution in [0, 0.1) is 0 Å². The van der Waals surface area contributed by atoms with Crippen molar-refractivity contribution in [1.82, 2.24) is 20.3 Å². The highest BCUT2D eigenvalue weighted by Gasteiger charge is 2.14. The van der Waals surface area contributed by atoms with Gasteiger partial charge in [-0.3, -0.25) is 9.78 Å². The number of aromatic nitrogens is 3. The average molecular weight is 299 g/mol. The average Bonchev–Trinajstić information content (AvgIpc) is 2.61. The summed E-state index contributed by atoms with van der Waals surface area (Å²) in [6, 6.07) is 3.72. The second-order valence-electron chi connectivity index (χ2n) is 4.91. The predicted octanol–water partition coefficient (Wildman–Crippen LogP) is 0.638. The molecular formula is C15H17N5O2. The zero-order chi connectivity index (χ0) is 15.2. The molecule has 7 nitrogen and oxygen atoms in total. The summed E-state index contributed by atoms with van der Waals surface area (Å²) in [6.07, 6.45) is 6.50. The van der Waals surface area contributed by atoms with Gasteiger partial charge in [0.2, 0.25) is 5.95 Å². The molecule has 7 heteroatoms. The van der Waals surface area contributed by atoms with Crippen LogP contribution in [0.2, 0.25) is 0 Å². The first-order valence-corrected chi connectivity index (χ1v) is 7.15. The number of rotatable bonds is 4. The zero-order valence-corrected chi connectivity index (χ0v) is 12.1. The van der Waals surface area contributed by atoms with Crippen LogP contribution in [0.1, 0.15) is 15.9 Å². The summed E-state index contributed by atoms with van der Waals surface area (Å²) >= 11 is 0. The van der Waals surface area contributed by atoms with Gasteiger partial charge in [0.1, 0.15) is 0 Å². The smallest absolute Gasteiger partial charge is 0.254 e. The molecule has 1 amide bonds. The van der Waals surface area contributed by atoms with Crippen LogP contribution in [-0.2, 0) is 11.3 Å². The summed E-state index contributed by atoms with van der Waals surface area (Å²) < 4.78 is 5.29. The topological polar surface area (TPSA) is 80.2 Å². The van der Waals surface area contributed by atoms with Crippen molar-refractivity contribution in [3.63, 3.8) is 0 Å². The lowest BCUT2D eigenvalue weighted by Crippen LogP contribution is -2.37. The first-order chi connectivity index (χ1) is 10.8. The second kappa shape index (κ2) is 6.95. The van der Waals surface area contributed by atoms with E-state index >= 15 is 0 Å². The van der Waals surface area contributed by atoms with Gasteiger partial charge in [-0.15, -0.1) is 0 Å². The van der Waals surface area contributed by atoms with Crippen LogP contribution in [0.25, 0.3) is 0 Å². The standard InChI is InChI=1S/C15H17N5O2/c21-14(17-9-12-1-3-16-4-2-12)13-10-18-15(19-11-13)20-5-7-22-8-6-20/h1-4,10-11H,5-9H2,(H,17,21). The van der Waals surface area contributed by atoms with Crippen LogP contribution >= 0.6 is 0 Å². The fourth-order valence-electron chi connectivity index (χ4n) is 2.15. The normalized spacial score (nSPS) is 14.6. The van der Waals surface area contributed by atoms with Crippen LogP contribution in [0.3, 0.4) is 0 Å². The number of carbonyl (C=O) groups is 1. The maximum Gasteiger partial charge on any atom is 0.254 e. The molecule has 0 unspecified atom stereocenters. The fourth-order valence-corrected chi connectivity index (χ4v) is 2.15. The summed E-state index contributed by atoms with van der Waals surface area (Å²) in [5.74, 6) is 0.444. The van der Waals surface area contributed by atoms with E-state index in [4.69, 9.17) is 4.74 Å². The van der Waals surface area contributed by atoms with E-state index < -0.39 is 0 Å². The first-order valence-electron chi connectivity index (χ1n) is 7.15. The minimum atomic E-state index is -0.190. The van der Waals surface area contributed by atoms with Crippen LogP contribution in [0.5, 0.6) is 0 Å². The quantitative estimate of drug-likeness (QED) is 0.892. The van der Waals surface area contributed by atoms with Crippen molar-refractivity contribution in [2.75, 3.05) is 31.2 Å². The SMILES string of the molecule is O=C(NCc1ccncc1)c1cnc(N2CCOCC2)nc1. The maximum atomic E-state index is 12.1. The van der Waals surface area contributed by atoms with Gasteiger partial charge in [0.25, 0.3) is 5.91 Å². The largest absolute Gasteiger partial charge is 0.378 e. The third kappa shape index (κ3) is 3.56. The Labute approximate surface area is 128 Å². The molecule has 2 aromatic rings. The molecule has 114 valence electrons. The van der Waals surface area contributed by atoms with Gasteiger partial charge >= 0.3 is 0 Å². The summed E-state index contributed by atoms with van der Waals surface area (Å²) in [5, 5.41) is 2.83. The van der Waals surface area contributed by atoms with Gasteiger partial charge in [-0.25, -0.2) is 9.97 Å². The van der Waals surface area contributed by atoms with Crippen molar-refractivity contribution in [1.29, 1.82) is 0 Å². The Morgan fingerprint density at radius 1 is 1.18 bits per heavy atom. The Morgan fingerprint density at radius 3 is 2.55 bits per heavy atom. The van der Waals surface area contributed by atoms with Crippen molar-refractivity contribution in [3.8, 4) is 0 Å². The third-order valence-electron chi connectivity index (χ3n) is 3.40. The number of anilines is 1. The molecule has 1 aliphatic heterocycles. The van der Waals surface area contributed by atoms with Gasteiger partial charge in [0.15, 0.2) is 0 Å². The van der Waals surface area contributed by atoms with E-state index in [0.717, 1.165) is 18.7 Å². The monoisotopic (exact) mass is 299 g/mol. The summed E-state index contributed by atoms with van der Waals surface area (Å²) in [7, 11) is 0. The van der Waals surface area contributed by atoms with Gasteiger partial charge in [0, 0.05) is 44.4 Å². The molecular weight excluding hydrogens is 282 g/mol. The van der Waals surface area contributed by atoms with Crippen molar-refractivity contribution in [2.45, 2.75) is 6.54 Å². The Morgan fingerprint density at radius 2 is 1.86 bits per heavy atom. The number of nitrogens with one attached hydrogen (secondary N) is 1. The number of morpholine rings is 1. The van der Waals surface area contributed by atoms with E-state index in [9.17, 15) is 4.79 Å². The number of carbonyl (C=O) groups excluding carboxylic acids is 1. The number of nitrogens with zero attached hydrogens (tertiary/aromatic N) is 4. The number of hydrogen-bond donors (Lipinski definition) is 1. The van der Waals surface area contributed by atoms with E-state index in [1.165, 1.54) is 0 Å². The molecule has 3 heterocycles. The van der Waals surface area contributed by atoms with Crippen molar-refractivity contribution in [3.05, 3.63) is 48.0 Å². The number of ether oxygens (including phenoxy) is 1. The number of amides is 1. The minimum Gasteiger partial charge on any atom is -0.378 e. The molecule has 0 aliphatic carbocycles. The lowest BCUT2D eigenvalue weighted by atomic mass is 10.2. The zero-order valence-electron chi connectivity index (χ0n) is 12.1. The highest BCUT2D eigenvalue weighted by Crippen LogP contribution is 2.09. The Balaban J connectivity index is 1.58. The van der Waals surface area contributed by atoms with Crippen LogP contribution in [0.15, 0.2) is 36.9 Å². The predicted molar refractivity (Wildman–Crippen MR) is 80.5 cm³/mol. The molecule has 0 saturated carbocycles. The van der Waals surface area contributed by atoms with Gasteiger partial charge in [0.05, 0.1) is 18.8 Å². The third-order valence-corrected chi connectivity index (χ3v) is 3.40. The molecule has 0 aromatic carbocycles. The molecule has 0 atom stereocenters. The summed E-state index contributed by atoms with van der Waals surface area (Å²) in [5.41, 5.74) is 1.44. The van der Waals surface area contributed by atoms with Crippen molar-refractivity contribution >= 4 is 11.9 Å². The fraction of sp³-hybridized carbons (Fsp3) is 0.333. The van der Waals surface area contributed by atoms with E-state index in [2.05, 4.69) is 20.3 Å². The molecule has 1 saturated heterocycles. The van der Waals surface area contributed by atoms with E-state index in [1.54, 1.807) is 24.8 Å². The molecule has 2 aromatic heterocycles. The molecule has 0 spiro atoms. The molecule has 22 heavy (non-hydrogen) atoms. The lowest BCUT2D eigenvalue weighted by Gasteiger charge is -2.26.